The first-order valence-corrected chi connectivity index (χ1v) is 9.38. The highest BCUT2D eigenvalue weighted by Gasteiger charge is 2.23. The zero-order valence-corrected chi connectivity index (χ0v) is 15.7. The maximum absolute atomic E-state index is 12.3. The monoisotopic (exact) mass is 352 g/mol. The summed E-state index contributed by atoms with van der Waals surface area (Å²) in [5.74, 6) is 0.651. The first-order chi connectivity index (χ1) is 12.6. The number of ether oxygens (including phenoxy) is 1. The minimum absolute atomic E-state index is 0.0457. The van der Waals surface area contributed by atoms with Crippen molar-refractivity contribution in [1.82, 2.24) is 10.2 Å². The molecule has 4 nitrogen and oxygen atoms in total. The number of amides is 1. The van der Waals surface area contributed by atoms with Crippen molar-refractivity contribution >= 4 is 5.91 Å². The molecular formula is C22H28N2O2. The Kier molecular flexibility index (Phi) is 6.29. The number of carbonyl (C=O) groups is 1. The molecule has 1 heterocycles. The van der Waals surface area contributed by atoms with Crippen LogP contribution >= 0.6 is 0 Å². The molecule has 1 atom stereocenters. The molecule has 0 aliphatic carbocycles. The maximum Gasteiger partial charge on any atom is 0.258 e. The van der Waals surface area contributed by atoms with Crippen LogP contribution in [0.4, 0.5) is 0 Å². The second kappa shape index (κ2) is 8.86. The number of carbonyl (C=O) groups excluding carboxylic acids is 1. The molecule has 3 rings (SSSR count). The molecule has 0 unspecified atom stereocenters. The predicted octanol–water partition coefficient (Wildman–Crippen LogP) is 3.64. The fourth-order valence-electron chi connectivity index (χ4n) is 3.42. The van der Waals surface area contributed by atoms with E-state index in [1.165, 1.54) is 24.0 Å². The van der Waals surface area contributed by atoms with Crippen molar-refractivity contribution in [3.63, 3.8) is 0 Å². The van der Waals surface area contributed by atoms with E-state index in [1.807, 2.05) is 31.2 Å². The largest absolute Gasteiger partial charge is 0.484 e. The van der Waals surface area contributed by atoms with Crippen molar-refractivity contribution < 1.29 is 9.53 Å². The van der Waals surface area contributed by atoms with Gasteiger partial charge < -0.3 is 10.1 Å². The molecule has 2 aromatic carbocycles. The van der Waals surface area contributed by atoms with Gasteiger partial charge in [0.2, 0.25) is 0 Å². The van der Waals surface area contributed by atoms with Gasteiger partial charge in [0, 0.05) is 6.54 Å². The molecule has 1 N–H and O–H groups in total. The average molecular weight is 352 g/mol. The fourth-order valence-corrected chi connectivity index (χ4v) is 3.42. The number of nitrogens with one attached hydrogen (secondary N) is 1. The number of benzene rings is 2. The Morgan fingerprint density at radius 1 is 1.08 bits per heavy atom. The number of hydrogen-bond donors (Lipinski definition) is 1. The molecule has 0 spiro atoms. The topological polar surface area (TPSA) is 41.6 Å². The summed E-state index contributed by atoms with van der Waals surface area (Å²) in [4.78, 5) is 14.7. The van der Waals surface area contributed by atoms with Crippen molar-refractivity contribution in [2.45, 2.75) is 32.7 Å². The Labute approximate surface area is 156 Å². The molecular weight excluding hydrogens is 324 g/mol. The highest BCUT2D eigenvalue weighted by atomic mass is 16.5. The molecule has 138 valence electrons. The number of aryl methyl sites for hydroxylation is 2. The lowest BCUT2D eigenvalue weighted by Gasteiger charge is -2.28. The van der Waals surface area contributed by atoms with Crippen LogP contribution in [0, 0.1) is 13.8 Å². The van der Waals surface area contributed by atoms with Crippen LogP contribution in [-0.2, 0) is 4.79 Å². The van der Waals surface area contributed by atoms with Gasteiger partial charge in [-0.1, -0.05) is 42.0 Å². The molecule has 0 bridgehead atoms. The summed E-state index contributed by atoms with van der Waals surface area (Å²) in [6.45, 7) is 6.94. The van der Waals surface area contributed by atoms with Gasteiger partial charge in [-0.3, -0.25) is 9.69 Å². The minimum Gasteiger partial charge on any atom is -0.484 e. The molecule has 1 aliphatic rings. The average Bonchev–Trinajstić information content (AvgIpc) is 3.16. The first kappa shape index (κ1) is 18.5. The van der Waals surface area contributed by atoms with Crippen LogP contribution in [0.25, 0.3) is 0 Å². The lowest BCUT2D eigenvalue weighted by molar-refractivity contribution is -0.123. The van der Waals surface area contributed by atoms with Gasteiger partial charge in [-0.25, -0.2) is 0 Å². The summed E-state index contributed by atoms with van der Waals surface area (Å²) in [6.07, 6.45) is 2.46. The van der Waals surface area contributed by atoms with Gasteiger partial charge in [0.15, 0.2) is 6.61 Å². The fraction of sp³-hybridized carbons (Fsp3) is 0.409. The van der Waals surface area contributed by atoms with Crippen LogP contribution in [0.2, 0.25) is 0 Å². The van der Waals surface area contributed by atoms with Crippen LogP contribution in [0.5, 0.6) is 5.75 Å². The Bertz CT molecular complexity index is 721. The van der Waals surface area contributed by atoms with Crippen LogP contribution < -0.4 is 10.1 Å². The van der Waals surface area contributed by atoms with Gasteiger partial charge in [0.1, 0.15) is 5.75 Å². The third-order valence-corrected chi connectivity index (χ3v) is 4.90. The van der Waals surface area contributed by atoms with Crippen LogP contribution in [-0.4, -0.2) is 37.0 Å². The third-order valence-electron chi connectivity index (χ3n) is 4.90. The van der Waals surface area contributed by atoms with Crippen molar-refractivity contribution in [2.75, 3.05) is 26.2 Å². The quantitative estimate of drug-likeness (QED) is 0.827. The lowest BCUT2D eigenvalue weighted by atomic mass is 10.0. The second-order valence-electron chi connectivity index (χ2n) is 7.08. The summed E-state index contributed by atoms with van der Waals surface area (Å²) in [5.41, 5.74) is 3.64. The van der Waals surface area contributed by atoms with E-state index in [-0.39, 0.29) is 18.6 Å². The van der Waals surface area contributed by atoms with E-state index < -0.39 is 0 Å². The molecule has 1 amide bonds. The maximum atomic E-state index is 12.3. The van der Waals surface area contributed by atoms with Crippen molar-refractivity contribution in [2.24, 2.45) is 0 Å². The summed E-state index contributed by atoms with van der Waals surface area (Å²) in [7, 11) is 0. The summed E-state index contributed by atoms with van der Waals surface area (Å²) < 4.78 is 5.60. The molecule has 0 radical (unpaired) electrons. The molecule has 0 saturated carbocycles. The predicted molar refractivity (Wildman–Crippen MR) is 104 cm³/mol. The Balaban J connectivity index is 1.56. The molecule has 4 heteroatoms. The lowest BCUT2D eigenvalue weighted by Crippen LogP contribution is -2.38. The van der Waals surface area contributed by atoms with Crippen molar-refractivity contribution in [3.8, 4) is 5.75 Å². The smallest absolute Gasteiger partial charge is 0.258 e. The van der Waals surface area contributed by atoms with Gasteiger partial charge in [-0.2, -0.15) is 0 Å². The van der Waals surface area contributed by atoms with E-state index in [9.17, 15) is 4.79 Å². The van der Waals surface area contributed by atoms with E-state index in [0.29, 0.717) is 6.54 Å². The minimum atomic E-state index is -0.0807. The van der Waals surface area contributed by atoms with Crippen molar-refractivity contribution in [3.05, 3.63) is 65.2 Å². The summed E-state index contributed by atoms with van der Waals surface area (Å²) in [5, 5.41) is 3.05. The molecule has 1 fully saturated rings. The normalized spacial score (nSPS) is 15.6. The molecule has 0 aromatic heterocycles. The zero-order chi connectivity index (χ0) is 18.4. The standard InChI is InChI=1S/C22H28N2O2/c1-17-8-10-19(11-9-17)21(24-12-3-4-13-24)15-23-22(25)16-26-20-7-5-6-18(2)14-20/h5-11,14,21H,3-4,12-13,15-16H2,1-2H3,(H,23,25)/t21-/m1/s1. The Hall–Kier alpha value is -2.33. The highest BCUT2D eigenvalue weighted by Crippen LogP contribution is 2.25. The zero-order valence-electron chi connectivity index (χ0n) is 15.7. The van der Waals surface area contributed by atoms with Gasteiger partial charge in [-0.05, 0) is 63.0 Å². The van der Waals surface area contributed by atoms with E-state index in [0.717, 1.165) is 24.4 Å². The van der Waals surface area contributed by atoms with E-state index in [4.69, 9.17) is 4.74 Å². The molecule has 2 aromatic rings. The van der Waals surface area contributed by atoms with Crippen LogP contribution in [0.1, 0.15) is 35.6 Å². The van der Waals surface area contributed by atoms with E-state index >= 15 is 0 Å². The summed E-state index contributed by atoms with van der Waals surface area (Å²) >= 11 is 0. The van der Waals surface area contributed by atoms with E-state index in [1.54, 1.807) is 0 Å². The second-order valence-corrected chi connectivity index (χ2v) is 7.08. The first-order valence-electron chi connectivity index (χ1n) is 9.38. The molecule has 26 heavy (non-hydrogen) atoms. The third kappa shape index (κ3) is 5.09. The van der Waals surface area contributed by atoms with Crippen molar-refractivity contribution in [1.29, 1.82) is 0 Å². The van der Waals surface area contributed by atoms with Gasteiger partial charge in [0.05, 0.1) is 6.04 Å². The summed E-state index contributed by atoms with van der Waals surface area (Å²) in [6, 6.07) is 16.6. The SMILES string of the molecule is Cc1ccc([C@@H](CNC(=O)COc2cccc(C)c2)N2CCCC2)cc1. The number of nitrogens with zero attached hydrogens (tertiary/aromatic N) is 1. The number of likely N-dealkylation sites (tertiary alicyclic amines) is 1. The Morgan fingerprint density at radius 2 is 1.81 bits per heavy atom. The van der Waals surface area contributed by atoms with Gasteiger partial charge >= 0.3 is 0 Å². The van der Waals surface area contributed by atoms with Crippen LogP contribution in [0.15, 0.2) is 48.5 Å². The van der Waals surface area contributed by atoms with Crippen LogP contribution in [0.3, 0.4) is 0 Å². The number of rotatable bonds is 7. The van der Waals surface area contributed by atoms with Gasteiger partial charge in [-0.15, -0.1) is 0 Å². The Morgan fingerprint density at radius 3 is 2.50 bits per heavy atom. The van der Waals surface area contributed by atoms with E-state index in [2.05, 4.69) is 41.4 Å². The molecule has 1 saturated heterocycles. The molecule has 1 aliphatic heterocycles. The number of hydrogen-bond acceptors (Lipinski definition) is 3. The highest BCUT2D eigenvalue weighted by molar-refractivity contribution is 5.77. The van der Waals surface area contributed by atoms with Gasteiger partial charge in [0.25, 0.3) is 5.91 Å².